The second-order valence-corrected chi connectivity index (χ2v) is 7.18. The van der Waals surface area contributed by atoms with Crippen LogP contribution in [-0.2, 0) is 9.59 Å². The van der Waals surface area contributed by atoms with Gasteiger partial charge in [0.15, 0.2) is 5.11 Å². The van der Waals surface area contributed by atoms with E-state index in [-0.39, 0.29) is 34.2 Å². The van der Waals surface area contributed by atoms with Gasteiger partial charge >= 0.3 is 0 Å². The lowest BCUT2D eigenvalue weighted by atomic mass is 10.2. The number of thiocarbonyl (C=S) groups is 1. The maximum absolute atomic E-state index is 12.0. The fourth-order valence-corrected chi connectivity index (χ4v) is 2.76. The lowest BCUT2D eigenvalue weighted by Gasteiger charge is -2.11. The van der Waals surface area contributed by atoms with E-state index in [0.29, 0.717) is 10.7 Å². The summed E-state index contributed by atoms with van der Waals surface area (Å²) in [6, 6.07) is 9.45. The minimum atomic E-state index is -0.624. The highest BCUT2D eigenvalue weighted by Crippen LogP contribution is 2.25. The van der Waals surface area contributed by atoms with E-state index in [9.17, 15) is 24.5 Å². The predicted molar refractivity (Wildman–Crippen MR) is 119 cm³/mol. The van der Waals surface area contributed by atoms with Gasteiger partial charge < -0.3 is 5.32 Å². The number of rotatable bonds is 6. The second kappa shape index (κ2) is 11.2. The Bertz CT molecular complexity index is 1030. The fraction of sp³-hybridized carbons (Fsp3) is 0.111. The first-order chi connectivity index (χ1) is 14.7. The first-order valence-electron chi connectivity index (χ1n) is 8.55. The molecule has 0 heterocycles. The molecule has 0 aromatic heterocycles. The minimum absolute atomic E-state index is 0.131. The Morgan fingerprint density at radius 1 is 0.968 bits per heavy atom. The van der Waals surface area contributed by atoms with Crippen molar-refractivity contribution in [3.63, 3.8) is 0 Å². The van der Waals surface area contributed by atoms with Crippen LogP contribution in [0.2, 0.25) is 10.0 Å². The quantitative estimate of drug-likeness (QED) is 0.281. The van der Waals surface area contributed by atoms with Gasteiger partial charge in [0.2, 0.25) is 11.8 Å². The van der Waals surface area contributed by atoms with Crippen LogP contribution < -0.4 is 21.5 Å². The van der Waals surface area contributed by atoms with Crippen LogP contribution >= 0.6 is 35.4 Å². The molecule has 0 spiro atoms. The van der Waals surface area contributed by atoms with Gasteiger partial charge in [-0.1, -0.05) is 23.2 Å². The zero-order chi connectivity index (χ0) is 23.0. The van der Waals surface area contributed by atoms with Crippen molar-refractivity contribution in [2.24, 2.45) is 0 Å². The molecule has 0 aliphatic heterocycles. The normalized spacial score (nSPS) is 10.0. The number of amides is 3. The van der Waals surface area contributed by atoms with Gasteiger partial charge in [-0.05, 0) is 42.5 Å². The summed E-state index contributed by atoms with van der Waals surface area (Å²) in [6.07, 6.45) is -0.294. The SMILES string of the molecule is O=C(CCC(=O)Nc1ccc(Cl)cc1Cl)NNC(=S)NC(=O)c1ccc([N+](=O)[O-])cc1. The van der Waals surface area contributed by atoms with Crippen LogP contribution in [0.1, 0.15) is 23.2 Å². The maximum atomic E-state index is 12.0. The van der Waals surface area contributed by atoms with E-state index in [4.69, 9.17) is 35.4 Å². The molecule has 2 aromatic rings. The zero-order valence-corrected chi connectivity index (χ0v) is 17.9. The van der Waals surface area contributed by atoms with Crippen molar-refractivity contribution in [3.8, 4) is 0 Å². The maximum Gasteiger partial charge on any atom is 0.269 e. The monoisotopic (exact) mass is 483 g/mol. The number of non-ortho nitro benzene ring substituents is 1. The topological polar surface area (TPSA) is 142 Å². The third-order valence-electron chi connectivity index (χ3n) is 3.67. The van der Waals surface area contributed by atoms with Gasteiger partial charge in [-0.15, -0.1) is 0 Å². The highest BCUT2D eigenvalue weighted by atomic mass is 35.5. The first kappa shape index (κ1) is 24.0. The number of carbonyl (C=O) groups is 3. The van der Waals surface area contributed by atoms with Crippen LogP contribution in [-0.4, -0.2) is 27.8 Å². The molecule has 0 unspecified atom stereocenters. The molecule has 0 bridgehead atoms. The van der Waals surface area contributed by atoms with Gasteiger partial charge in [0.05, 0.1) is 15.6 Å². The minimum Gasteiger partial charge on any atom is -0.325 e. The van der Waals surface area contributed by atoms with Crippen molar-refractivity contribution in [2.45, 2.75) is 12.8 Å². The Labute approximate surface area is 191 Å². The Balaban J connectivity index is 1.72. The van der Waals surface area contributed by atoms with E-state index in [2.05, 4.69) is 21.5 Å². The van der Waals surface area contributed by atoms with Gasteiger partial charge in [0.1, 0.15) is 0 Å². The summed E-state index contributed by atoms with van der Waals surface area (Å²) in [4.78, 5) is 45.8. The number of hydrogen-bond acceptors (Lipinski definition) is 6. The van der Waals surface area contributed by atoms with Crippen molar-refractivity contribution in [3.05, 3.63) is 68.2 Å². The number of nitrogens with one attached hydrogen (secondary N) is 4. The number of hydrazine groups is 1. The zero-order valence-electron chi connectivity index (χ0n) is 15.6. The number of anilines is 1. The van der Waals surface area contributed by atoms with Crippen molar-refractivity contribution in [2.75, 3.05) is 5.32 Å². The molecule has 0 radical (unpaired) electrons. The van der Waals surface area contributed by atoms with Crippen LogP contribution in [0, 0.1) is 10.1 Å². The van der Waals surface area contributed by atoms with Gasteiger partial charge in [0.25, 0.3) is 11.6 Å². The van der Waals surface area contributed by atoms with Gasteiger partial charge in [-0.3, -0.25) is 40.7 Å². The lowest BCUT2D eigenvalue weighted by molar-refractivity contribution is -0.384. The Morgan fingerprint density at radius 3 is 2.23 bits per heavy atom. The molecular formula is C18H15Cl2N5O5S. The Hall–Kier alpha value is -3.28. The number of halogens is 2. The molecule has 2 aromatic carbocycles. The molecule has 0 aliphatic rings. The fourth-order valence-electron chi connectivity index (χ4n) is 2.16. The van der Waals surface area contributed by atoms with Crippen molar-refractivity contribution < 1.29 is 19.3 Å². The van der Waals surface area contributed by atoms with Crippen molar-refractivity contribution >= 4 is 69.6 Å². The van der Waals surface area contributed by atoms with Gasteiger partial charge in [0, 0.05) is 35.6 Å². The van der Waals surface area contributed by atoms with Crippen molar-refractivity contribution in [1.29, 1.82) is 0 Å². The van der Waals surface area contributed by atoms with E-state index in [0.717, 1.165) is 0 Å². The van der Waals surface area contributed by atoms with Crippen LogP contribution in [0.5, 0.6) is 0 Å². The summed E-state index contributed by atoms with van der Waals surface area (Å²) in [5.41, 5.74) is 4.91. The molecule has 0 atom stereocenters. The summed E-state index contributed by atoms with van der Waals surface area (Å²) in [6.45, 7) is 0. The average Bonchev–Trinajstić information content (AvgIpc) is 2.72. The van der Waals surface area contributed by atoms with Crippen LogP contribution in [0.3, 0.4) is 0 Å². The first-order valence-corrected chi connectivity index (χ1v) is 9.71. The molecule has 10 nitrogen and oxygen atoms in total. The molecular weight excluding hydrogens is 469 g/mol. The Kier molecular flexibility index (Phi) is 8.67. The average molecular weight is 484 g/mol. The van der Waals surface area contributed by atoms with E-state index < -0.39 is 22.6 Å². The number of benzene rings is 2. The molecule has 162 valence electrons. The standard InChI is InChI=1S/C18H15Cl2N5O5S/c19-11-3-6-14(13(20)9-11)21-15(26)7-8-16(27)23-24-18(31)22-17(28)10-1-4-12(5-2-10)25(29)30/h1-6,9H,7-8H2,(H,21,26)(H,23,27)(H2,22,24,28,31). The van der Waals surface area contributed by atoms with Crippen molar-refractivity contribution in [1.82, 2.24) is 16.2 Å². The third-order valence-corrected chi connectivity index (χ3v) is 4.42. The predicted octanol–water partition coefficient (Wildman–Crippen LogP) is 2.96. The number of nitrogens with zero attached hydrogens (tertiary/aromatic N) is 1. The molecule has 0 aliphatic carbocycles. The summed E-state index contributed by atoms with van der Waals surface area (Å²) in [5.74, 6) is -1.61. The van der Waals surface area contributed by atoms with Crippen LogP contribution in [0.4, 0.5) is 11.4 Å². The van der Waals surface area contributed by atoms with E-state index in [1.54, 1.807) is 6.07 Å². The molecule has 0 saturated carbocycles. The van der Waals surface area contributed by atoms with Gasteiger partial charge in [-0.25, -0.2) is 0 Å². The summed E-state index contributed by atoms with van der Waals surface area (Å²) >= 11 is 16.6. The molecule has 31 heavy (non-hydrogen) atoms. The molecule has 2 rings (SSSR count). The second-order valence-electron chi connectivity index (χ2n) is 5.93. The number of hydrogen-bond donors (Lipinski definition) is 4. The van der Waals surface area contributed by atoms with Gasteiger partial charge in [-0.2, -0.15) is 0 Å². The van der Waals surface area contributed by atoms with Crippen LogP contribution in [0.25, 0.3) is 0 Å². The molecule has 4 N–H and O–H groups in total. The molecule has 13 heteroatoms. The molecule has 3 amide bonds. The third kappa shape index (κ3) is 7.81. The van der Waals surface area contributed by atoms with Crippen LogP contribution in [0.15, 0.2) is 42.5 Å². The highest BCUT2D eigenvalue weighted by Gasteiger charge is 2.12. The largest absolute Gasteiger partial charge is 0.325 e. The summed E-state index contributed by atoms with van der Waals surface area (Å²) in [7, 11) is 0. The van der Waals surface area contributed by atoms with E-state index >= 15 is 0 Å². The van der Waals surface area contributed by atoms with E-state index in [1.165, 1.54) is 36.4 Å². The molecule has 0 fully saturated rings. The number of carbonyl (C=O) groups excluding carboxylic acids is 3. The lowest BCUT2D eigenvalue weighted by Crippen LogP contribution is -2.48. The summed E-state index contributed by atoms with van der Waals surface area (Å²) < 4.78 is 0. The number of nitro groups is 1. The Morgan fingerprint density at radius 2 is 1.61 bits per heavy atom. The highest BCUT2D eigenvalue weighted by molar-refractivity contribution is 7.80. The van der Waals surface area contributed by atoms with E-state index in [1.807, 2.05) is 0 Å². The number of nitro benzene ring substituents is 1. The smallest absolute Gasteiger partial charge is 0.269 e. The molecule has 0 saturated heterocycles. The summed E-state index contributed by atoms with van der Waals surface area (Å²) in [5, 5.41) is 16.0.